The average Bonchev–Trinajstić information content (AvgIpc) is 3.35. The lowest BCUT2D eigenvalue weighted by Crippen LogP contribution is -2.56. The monoisotopic (exact) mass is 402 g/mol. The van der Waals surface area contributed by atoms with Crippen molar-refractivity contribution < 1.29 is 18.7 Å². The number of furan rings is 1. The lowest BCUT2D eigenvalue weighted by Gasteiger charge is -2.41. The summed E-state index contributed by atoms with van der Waals surface area (Å²) in [7, 11) is 0. The molecule has 2 amide bonds. The second-order valence-electron chi connectivity index (χ2n) is 7.31. The van der Waals surface area contributed by atoms with Crippen LogP contribution < -0.4 is 5.32 Å². The van der Waals surface area contributed by atoms with Crippen molar-refractivity contribution in [2.75, 3.05) is 6.61 Å². The second kappa shape index (κ2) is 7.97. The predicted molar refractivity (Wildman–Crippen MR) is 104 cm³/mol. The number of carbonyl (C=O) groups excluding carboxylic acids is 2. The van der Waals surface area contributed by atoms with Crippen LogP contribution in [0.25, 0.3) is 0 Å². The minimum absolute atomic E-state index is 0.198. The van der Waals surface area contributed by atoms with E-state index < -0.39 is 11.8 Å². The van der Waals surface area contributed by atoms with Crippen LogP contribution in [0.5, 0.6) is 0 Å². The Hall–Kier alpha value is -2.31. The van der Waals surface area contributed by atoms with Gasteiger partial charge in [-0.15, -0.1) is 0 Å². The van der Waals surface area contributed by atoms with E-state index in [9.17, 15) is 9.59 Å². The van der Waals surface area contributed by atoms with Crippen LogP contribution in [0.4, 0.5) is 0 Å². The van der Waals surface area contributed by atoms with E-state index >= 15 is 0 Å². The first-order valence-corrected chi connectivity index (χ1v) is 10.0. The number of rotatable bonds is 4. The Kier molecular flexibility index (Phi) is 5.42. The SMILES string of the molecule is O=C(NCc1ccco1)[C@H]1COC2(CCCCC2)N1C(=O)c1ccc(Cl)cc1. The van der Waals surface area contributed by atoms with Crippen molar-refractivity contribution in [1.29, 1.82) is 0 Å². The maximum Gasteiger partial charge on any atom is 0.256 e. The van der Waals surface area contributed by atoms with Crippen LogP contribution in [-0.2, 0) is 16.1 Å². The van der Waals surface area contributed by atoms with E-state index in [1.54, 1.807) is 47.6 Å². The van der Waals surface area contributed by atoms with E-state index in [2.05, 4.69) is 5.32 Å². The van der Waals surface area contributed by atoms with E-state index in [0.29, 0.717) is 16.3 Å². The fourth-order valence-corrected chi connectivity index (χ4v) is 4.23. The molecule has 2 aliphatic rings. The Balaban J connectivity index is 1.58. The Morgan fingerprint density at radius 1 is 1.14 bits per heavy atom. The number of hydrogen-bond acceptors (Lipinski definition) is 4. The van der Waals surface area contributed by atoms with Crippen LogP contribution >= 0.6 is 11.6 Å². The molecule has 1 spiro atoms. The van der Waals surface area contributed by atoms with E-state index in [4.69, 9.17) is 20.8 Å². The molecule has 7 heteroatoms. The van der Waals surface area contributed by atoms with Crippen LogP contribution in [-0.4, -0.2) is 35.1 Å². The normalized spacial score (nSPS) is 21.0. The number of hydrogen-bond donors (Lipinski definition) is 1. The van der Waals surface area contributed by atoms with Crippen molar-refractivity contribution in [2.24, 2.45) is 0 Å². The highest BCUT2D eigenvalue weighted by Gasteiger charge is 2.52. The third-order valence-electron chi connectivity index (χ3n) is 5.52. The molecule has 148 valence electrons. The topological polar surface area (TPSA) is 71.8 Å². The van der Waals surface area contributed by atoms with Crippen molar-refractivity contribution in [1.82, 2.24) is 10.2 Å². The molecule has 1 aromatic carbocycles. The first kappa shape index (κ1) is 19.0. The lowest BCUT2D eigenvalue weighted by molar-refractivity contribution is -0.127. The smallest absolute Gasteiger partial charge is 0.256 e. The molecule has 2 fully saturated rings. The average molecular weight is 403 g/mol. The maximum atomic E-state index is 13.4. The van der Waals surface area contributed by atoms with Gasteiger partial charge in [0.25, 0.3) is 5.91 Å². The quantitative estimate of drug-likeness (QED) is 0.845. The molecule has 0 unspecified atom stereocenters. The highest BCUT2D eigenvalue weighted by Crippen LogP contribution is 2.41. The summed E-state index contributed by atoms with van der Waals surface area (Å²) < 4.78 is 11.4. The highest BCUT2D eigenvalue weighted by atomic mass is 35.5. The van der Waals surface area contributed by atoms with E-state index in [-0.39, 0.29) is 25.0 Å². The molecular weight excluding hydrogens is 380 g/mol. The summed E-state index contributed by atoms with van der Waals surface area (Å²) in [5.74, 6) is 0.227. The third-order valence-corrected chi connectivity index (χ3v) is 5.78. The van der Waals surface area contributed by atoms with Gasteiger partial charge >= 0.3 is 0 Å². The molecule has 1 saturated heterocycles. The fraction of sp³-hybridized carbons (Fsp3) is 0.429. The molecule has 28 heavy (non-hydrogen) atoms. The predicted octanol–water partition coefficient (Wildman–Crippen LogP) is 3.75. The van der Waals surface area contributed by atoms with E-state index in [1.807, 2.05) is 0 Å². The summed E-state index contributed by atoms with van der Waals surface area (Å²) in [4.78, 5) is 28.0. The van der Waals surface area contributed by atoms with Gasteiger partial charge in [0.05, 0.1) is 19.4 Å². The first-order valence-electron chi connectivity index (χ1n) is 9.62. The zero-order valence-electron chi connectivity index (χ0n) is 15.5. The van der Waals surface area contributed by atoms with Gasteiger partial charge in [0.1, 0.15) is 17.5 Å². The molecule has 1 atom stereocenters. The molecule has 1 aliphatic heterocycles. The molecule has 0 radical (unpaired) electrons. The van der Waals surface area contributed by atoms with E-state index in [0.717, 1.165) is 32.1 Å². The first-order chi connectivity index (χ1) is 13.6. The number of carbonyl (C=O) groups is 2. The van der Waals surface area contributed by atoms with Crippen molar-refractivity contribution in [3.63, 3.8) is 0 Å². The number of ether oxygens (including phenoxy) is 1. The molecule has 1 aliphatic carbocycles. The Morgan fingerprint density at radius 3 is 2.57 bits per heavy atom. The number of benzene rings is 1. The number of halogens is 1. The Bertz CT molecular complexity index is 829. The van der Waals surface area contributed by atoms with Gasteiger partial charge in [-0.25, -0.2) is 0 Å². The molecule has 2 heterocycles. The van der Waals surface area contributed by atoms with Gasteiger partial charge in [-0.3, -0.25) is 14.5 Å². The van der Waals surface area contributed by atoms with Gasteiger partial charge in [0, 0.05) is 10.6 Å². The van der Waals surface area contributed by atoms with Crippen LogP contribution in [0.15, 0.2) is 47.1 Å². The largest absolute Gasteiger partial charge is 0.467 e. The standard InChI is InChI=1S/C21H23ClN2O4/c22-16-8-6-15(7-9-16)20(26)24-18(14-28-21(24)10-2-1-3-11-21)19(25)23-13-17-5-4-12-27-17/h4-9,12,18H,1-3,10-11,13-14H2,(H,23,25)/t18-/m1/s1. The van der Waals surface area contributed by atoms with Crippen LogP contribution in [0, 0.1) is 0 Å². The van der Waals surface area contributed by atoms with Gasteiger partial charge in [0.15, 0.2) is 0 Å². The van der Waals surface area contributed by atoms with Crippen molar-refractivity contribution >= 4 is 23.4 Å². The molecular formula is C21H23ClN2O4. The minimum Gasteiger partial charge on any atom is -0.467 e. The molecule has 1 N–H and O–H groups in total. The second-order valence-corrected chi connectivity index (χ2v) is 7.75. The Labute approximate surface area is 168 Å². The highest BCUT2D eigenvalue weighted by molar-refractivity contribution is 6.30. The van der Waals surface area contributed by atoms with Crippen LogP contribution in [0.2, 0.25) is 5.02 Å². The van der Waals surface area contributed by atoms with Crippen molar-refractivity contribution in [3.05, 3.63) is 59.0 Å². The van der Waals surface area contributed by atoms with Crippen molar-refractivity contribution in [2.45, 2.75) is 50.4 Å². The van der Waals surface area contributed by atoms with Gasteiger partial charge < -0.3 is 14.5 Å². The van der Waals surface area contributed by atoms with Gasteiger partial charge in [-0.1, -0.05) is 18.0 Å². The zero-order valence-corrected chi connectivity index (χ0v) is 16.3. The van der Waals surface area contributed by atoms with Crippen LogP contribution in [0.1, 0.15) is 48.2 Å². The van der Waals surface area contributed by atoms with Crippen LogP contribution in [0.3, 0.4) is 0 Å². The molecule has 6 nitrogen and oxygen atoms in total. The summed E-state index contributed by atoms with van der Waals surface area (Å²) in [5.41, 5.74) is -0.203. The minimum atomic E-state index is -0.707. The summed E-state index contributed by atoms with van der Waals surface area (Å²) in [5, 5.41) is 3.43. The number of nitrogens with one attached hydrogen (secondary N) is 1. The zero-order chi connectivity index (χ0) is 19.6. The summed E-state index contributed by atoms with van der Waals surface area (Å²) >= 11 is 5.96. The molecule has 1 saturated carbocycles. The van der Waals surface area contributed by atoms with Gasteiger partial charge in [-0.2, -0.15) is 0 Å². The molecule has 4 rings (SSSR count). The molecule has 0 bridgehead atoms. The number of amides is 2. The number of nitrogens with zero attached hydrogens (tertiary/aromatic N) is 1. The molecule has 1 aromatic heterocycles. The summed E-state index contributed by atoms with van der Waals surface area (Å²) in [6.07, 6.45) is 6.12. The van der Waals surface area contributed by atoms with Gasteiger partial charge in [-0.05, 0) is 62.1 Å². The summed E-state index contributed by atoms with van der Waals surface area (Å²) in [6.45, 7) is 0.474. The summed E-state index contributed by atoms with van der Waals surface area (Å²) in [6, 6.07) is 9.65. The van der Waals surface area contributed by atoms with E-state index in [1.165, 1.54) is 0 Å². The fourth-order valence-electron chi connectivity index (χ4n) is 4.11. The third kappa shape index (κ3) is 3.66. The lowest BCUT2D eigenvalue weighted by atomic mass is 9.89. The van der Waals surface area contributed by atoms with Crippen molar-refractivity contribution in [3.8, 4) is 0 Å². The Morgan fingerprint density at radius 2 is 1.89 bits per heavy atom. The molecule has 2 aromatic rings. The maximum absolute atomic E-state index is 13.4. The van der Waals surface area contributed by atoms with Gasteiger partial charge in [0.2, 0.25) is 5.91 Å².